The molecule has 4 heteroatoms. The second-order valence-corrected chi connectivity index (χ2v) is 5.80. The average molecular weight is 265 g/mol. The molecule has 0 radical (unpaired) electrons. The summed E-state index contributed by atoms with van der Waals surface area (Å²) in [5, 5.41) is 3.31. The van der Waals surface area contributed by atoms with Crippen molar-refractivity contribution < 1.29 is 13.2 Å². The van der Waals surface area contributed by atoms with Crippen molar-refractivity contribution in [3.63, 3.8) is 0 Å². The molecule has 1 rings (SSSR count). The summed E-state index contributed by atoms with van der Waals surface area (Å²) in [4.78, 5) is 0. The Balaban J connectivity index is 2.45. The molecule has 0 bridgehead atoms. The van der Waals surface area contributed by atoms with Crippen molar-refractivity contribution >= 4 is 0 Å². The van der Waals surface area contributed by atoms with Crippen molar-refractivity contribution in [2.45, 2.75) is 64.6 Å². The van der Waals surface area contributed by atoms with Crippen LogP contribution in [-0.2, 0) is 0 Å². The van der Waals surface area contributed by atoms with Gasteiger partial charge in [0.1, 0.15) is 0 Å². The van der Waals surface area contributed by atoms with Crippen LogP contribution in [0.15, 0.2) is 0 Å². The third kappa shape index (κ3) is 4.45. The average Bonchev–Trinajstić information content (AvgIpc) is 2.34. The van der Waals surface area contributed by atoms with Crippen LogP contribution in [0.4, 0.5) is 13.2 Å². The van der Waals surface area contributed by atoms with Gasteiger partial charge in [-0.25, -0.2) is 0 Å². The highest BCUT2D eigenvalue weighted by molar-refractivity contribution is 4.84. The normalized spacial score (nSPS) is 29.0. The Hall–Kier alpha value is -0.250. The highest BCUT2D eigenvalue weighted by Gasteiger charge is 2.42. The van der Waals surface area contributed by atoms with E-state index in [1.54, 1.807) is 0 Å². The summed E-state index contributed by atoms with van der Waals surface area (Å²) in [5.74, 6) is 0.000226. The Morgan fingerprint density at radius 2 is 1.72 bits per heavy atom. The lowest BCUT2D eigenvalue weighted by molar-refractivity contribution is -0.184. The molecule has 0 spiro atoms. The van der Waals surface area contributed by atoms with Crippen LogP contribution in [0.2, 0.25) is 0 Å². The SMILES string of the molecule is CCC(C)CC(NC)C1CCC(C(F)(F)F)CC1. The molecule has 108 valence electrons. The van der Waals surface area contributed by atoms with Crippen molar-refractivity contribution in [1.29, 1.82) is 0 Å². The van der Waals surface area contributed by atoms with Crippen molar-refractivity contribution in [2.75, 3.05) is 7.05 Å². The summed E-state index contributed by atoms with van der Waals surface area (Å²) < 4.78 is 37.8. The second kappa shape index (κ2) is 6.78. The molecule has 1 fully saturated rings. The van der Waals surface area contributed by atoms with E-state index in [2.05, 4.69) is 19.2 Å². The molecule has 0 aromatic carbocycles. The highest BCUT2D eigenvalue weighted by Crippen LogP contribution is 2.41. The fourth-order valence-electron chi connectivity index (χ4n) is 3.00. The summed E-state index contributed by atoms with van der Waals surface area (Å²) >= 11 is 0. The van der Waals surface area contributed by atoms with E-state index >= 15 is 0 Å². The lowest BCUT2D eigenvalue weighted by Crippen LogP contribution is -2.39. The summed E-state index contributed by atoms with van der Waals surface area (Å²) in [6.07, 6.45) is 0.277. The van der Waals surface area contributed by atoms with Crippen molar-refractivity contribution in [2.24, 2.45) is 17.8 Å². The quantitative estimate of drug-likeness (QED) is 0.778. The van der Waals surface area contributed by atoms with Crippen molar-refractivity contribution in [3.05, 3.63) is 0 Å². The van der Waals surface area contributed by atoms with Crippen molar-refractivity contribution in [1.82, 2.24) is 5.32 Å². The van der Waals surface area contributed by atoms with Gasteiger partial charge in [0.2, 0.25) is 0 Å². The van der Waals surface area contributed by atoms with Gasteiger partial charge in [0.05, 0.1) is 5.92 Å². The number of nitrogens with one attached hydrogen (secondary N) is 1. The van der Waals surface area contributed by atoms with Crippen LogP contribution < -0.4 is 5.32 Å². The molecule has 0 aromatic heterocycles. The minimum atomic E-state index is -3.99. The van der Waals surface area contributed by atoms with Crippen LogP contribution in [0.5, 0.6) is 0 Å². The molecule has 0 amide bonds. The van der Waals surface area contributed by atoms with Gasteiger partial charge in [-0.1, -0.05) is 20.3 Å². The zero-order chi connectivity index (χ0) is 13.8. The van der Waals surface area contributed by atoms with Gasteiger partial charge in [-0.3, -0.25) is 0 Å². The zero-order valence-electron chi connectivity index (χ0n) is 11.7. The van der Waals surface area contributed by atoms with E-state index in [1.807, 2.05) is 7.05 Å². The van der Waals surface area contributed by atoms with E-state index in [4.69, 9.17) is 0 Å². The molecule has 1 nitrogen and oxygen atoms in total. The van der Waals surface area contributed by atoms with Gasteiger partial charge < -0.3 is 5.32 Å². The lowest BCUT2D eigenvalue weighted by atomic mass is 9.76. The van der Waals surface area contributed by atoms with Gasteiger partial charge in [-0.05, 0) is 51.0 Å². The molecule has 0 heterocycles. The molecule has 1 N–H and O–H groups in total. The van der Waals surface area contributed by atoms with E-state index in [1.165, 1.54) is 0 Å². The van der Waals surface area contributed by atoms with Gasteiger partial charge in [-0.15, -0.1) is 0 Å². The fraction of sp³-hybridized carbons (Fsp3) is 1.00. The summed E-state index contributed by atoms with van der Waals surface area (Å²) in [7, 11) is 1.93. The second-order valence-electron chi connectivity index (χ2n) is 5.80. The third-order valence-corrected chi connectivity index (χ3v) is 4.53. The summed E-state index contributed by atoms with van der Waals surface area (Å²) in [6.45, 7) is 4.38. The van der Waals surface area contributed by atoms with Gasteiger partial charge in [0.25, 0.3) is 0 Å². The first-order valence-corrected chi connectivity index (χ1v) is 7.12. The zero-order valence-corrected chi connectivity index (χ0v) is 11.7. The first-order chi connectivity index (χ1) is 8.38. The lowest BCUT2D eigenvalue weighted by Gasteiger charge is -2.35. The largest absolute Gasteiger partial charge is 0.391 e. The van der Waals surface area contributed by atoms with Crippen LogP contribution >= 0.6 is 0 Å². The van der Waals surface area contributed by atoms with Crippen LogP contribution in [-0.4, -0.2) is 19.3 Å². The van der Waals surface area contributed by atoms with E-state index < -0.39 is 12.1 Å². The first kappa shape index (κ1) is 15.8. The minimum Gasteiger partial charge on any atom is -0.317 e. The smallest absolute Gasteiger partial charge is 0.317 e. The molecule has 0 aromatic rings. The van der Waals surface area contributed by atoms with Crippen LogP contribution in [0, 0.1) is 17.8 Å². The maximum Gasteiger partial charge on any atom is 0.391 e. The number of alkyl halides is 3. The molecule has 18 heavy (non-hydrogen) atoms. The predicted octanol–water partition coefficient (Wildman–Crippen LogP) is 4.38. The van der Waals surface area contributed by atoms with E-state index in [0.29, 0.717) is 43.6 Å². The molecular formula is C14H26F3N. The van der Waals surface area contributed by atoms with Gasteiger partial charge in [0.15, 0.2) is 0 Å². The molecule has 1 aliphatic carbocycles. The third-order valence-electron chi connectivity index (χ3n) is 4.53. The first-order valence-electron chi connectivity index (χ1n) is 7.12. The Morgan fingerprint density at radius 3 is 2.11 bits per heavy atom. The van der Waals surface area contributed by atoms with E-state index in [0.717, 1.165) is 12.8 Å². The number of rotatable bonds is 5. The van der Waals surface area contributed by atoms with Gasteiger partial charge in [0, 0.05) is 6.04 Å². The van der Waals surface area contributed by atoms with E-state index in [-0.39, 0.29) is 0 Å². The molecule has 2 unspecified atom stereocenters. The Bertz CT molecular complexity index is 232. The van der Waals surface area contributed by atoms with Crippen LogP contribution in [0.25, 0.3) is 0 Å². The topological polar surface area (TPSA) is 12.0 Å². The summed E-state index contributed by atoms with van der Waals surface area (Å²) in [5.41, 5.74) is 0. The molecular weight excluding hydrogens is 239 g/mol. The minimum absolute atomic E-state index is 0.312. The number of hydrogen-bond acceptors (Lipinski definition) is 1. The van der Waals surface area contributed by atoms with Gasteiger partial charge >= 0.3 is 6.18 Å². The fourth-order valence-corrected chi connectivity index (χ4v) is 3.00. The maximum absolute atomic E-state index is 12.6. The molecule has 1 aliphatic rings. The molecule has 0 saturated heterocycles. The van der Waals surface area contributed by atoms with E-state index in [9.17, 15) is 13.2 Å². The standard InChI is InChI=1S/C14H26F3N/c1-4-10(2)9-13(18-3)11-5-7-12(8-6-11)14(15,16)17/h10-13,18H,4-9H2,1-3H3. The Labute approximate surface area is 109 Å². The monoisotopic (exact) mass is 265 g/mol. The summed E-state index contributed by atoms with van der Waals surface area (Å²) in [6, 6.07) is 0.383. The highest BCUT2D eigenvalue weighted by atomic mass is 19.4. The predicted molar refractivity (Wildman–Crippen MR) is 68.4 cm³/mol. The van der Waals surface area contributed by atoms with Gasteiger partial charge in [-0.2, -0.15) is 13.2 Å². The Kier molecular flexibility index (Phi) is 5.96. The Morgan fingerprint density at radius 1 is 1.17 bits per heavy atom. The van der Waals surface area contributed by atoms with Crippen molar-refractivity contribution in [3.8, 4) is 0 Å². The molecule has 2 atom stereocenters. The van der Waals surface area contributed by atoms with Crippen LogP contribution in [0.1, 0.15) is 52.4 Å². The van der Waals surface area contributed by atoms with Crippen LogP contribution in [0.3, 0.4) is 0 Å². The number of hydrogen-bond donors (Lipinski definition) is 1. The maximum atomic E-state index is 12.6. The molecule has 1 saturated carbocycles. The number of halogens is 3. The molecule has 0 aliphatic heterocycles.